The molecule has 0 amide bonds. The van der Waals surface area contributed by atoms with Crippen molar-refractivity contribution in [2.75, 3.05) is 0 Å². The van der Waals surface area contributed by atoms with E-state index < -0.39 is 0 Å². The Morgan fingerprint density at radius 3 is 2.43 bits per heavy atom. The van der Waals surface area contributed by atoms with Gasteiger partial charge in [-0.05, 0) is 6.42 Å². The van der Waals surface area contributed by atoms with Crippen LogP contribution in [0.1, 0.15) is 39.9 Å². The molecule has 0 bridgehead atoms. The van der Waals surface area contributed by atoms with Gasteiger partial charge in [0, 0.05) is 10.8 Å². The van der Waals surface area contributed by atoms with Crippen LogP contribution < -0.4 is 0 Å². The van der Waals surface area contributed by atoms with Gasteiger partial charge in [-0.15, -0.1) is 10.2 Å². The quantitative estimate of drug-likeness (QED) is 0.732. The molecule has 5 heteroatoms. The summed E-state index contributed by atoms with van der Waals surface area (Å²) >= 11 is 0. The lowest BCUT2D eigenvalue weighted by Crippen LogP contribution is -2.28. The predicted octanol–water partition coefficient (Wildman–Crippen LogP) is 1.09. The van der Waals surface area contributed by atoms with Crippen LogP contribution in [0.3, 0.4) is 0 Å². The van der Waals surface area contributed by atoms with Crippen molar-refractivity contribution in [1.82, 2.24) is 20.6 Å². The van der Waals surface area contributed by atoms with Crippen molar-refractivity contribution in [3.05, 3.63) is 5.82 Å². The second-order valence-electron chi connectivity index (χ2n) is 4.90. The molecule has 0 atom stereocenters. The Morgan fingerprint density at radius 1 is 1.36 bits per heavy atom. The van der Waals surface area contributed by atoms with E-state index in [4.69, 9.17) is 0 Å². The maximum absolute atomic E-state index is 10.8. The van der Waals surface area contributed by atoms with Crippen LogP contribution in [0.2, 0.25) is 0 Å². The normalized spacial score (nSPS) is 12.9. The fourth-order valence-corrected chi connectivity index (χ4v) is 1.71. The molecule has 1 heterocycles. The van der Waals surface area contributed by atoms with Crippen molar-refractivity contribution in [2.24, 2.45) is 5.41 Å². The average Bonchev–Trinajstić information content (AvgIpc) is 2.54. The van der Waals surface area contributed by atoms with Gasteiger partial charge >= 0.3 is 0 Å². The first kappa shape index (κ1) is 10.8. The van der Waals surface area contributed by atoms with E-state index in [9.17, 15) is 4.79 Å². The molecule has 1 rings (SSSR count). The summed E-state index contributed by atoms with van der Waals surface area (Å²) in [6.07, 6.45) is 1.66. The summed E-state index contributed by atoms with van der Waals surface area (Å²) in [6, 6.07) is 0. The number of tetrazole rings is 1. The smallest absolute Gasteiger partial charge is 0.180 e. The van der Waals surface area contributed by atoms with Crippen LogP contribution >= 0.6 is 0 Å². The van der Waals surface area contributed by atoms with Crippen LogP contribution in [-0.4, -0.2) is 26.9 Å². The number of aromatic nitrogens is 4. The van der Waals surface area contributed by atoms with E-state index in [2.05, 4.69) is 20.6 Å². The molecule has 14 heavy (non-hydrogen) atoms. The highest BCUT2D eigenvalue weighted by atomic mass is 16.1. The van der Waals surface area contributed by atoms with Crippen LogP contribution in [-0.2, 0) is 10.2 Å². The Balaban J connectivity index is 2.82. The Hall–Kier alpha value is -1.26. The molecule has 78 valence electrons. The summed E-state index contributed by atoms with van der Waals surface area (Å²) in [7, 11) is 0. The van der Waals surface area contributed by atoms with E-state index in [1.54, 1.807) is 0 Å². The fraction of sp³-hybridized carbons (Fsp3) is 0.778. The van der Waals surface area contributed by atoms with Crippen LogP contribution in [0.25, 0.3) is 0 Å². The minimum Gasteiger partial charge on any atom is -0.303 e. The first-order valence-corrected chi connectivity index (χ1v) is 4.58. The molecule has 5 nitrogen and oxygen atoms in total. The van der Waals surface area contributed by atoms with Gasteiger partial charge in [0.15, 0.2) is 5.82 Å². The molecular formula is C9H16N4O. The molecule has 1 N–H and O–H groups in total. The number of aromatic amines is 1. The first-order chi connectivity index (χ1) is 6.37. The lowest BCUT2D eigenvalue weighted by atomic mass is 9.75. The summed E-state index contributed by atoms with van der Waals surface area (Å²) in [5.41, 5.74) is -0.596. The maximum atomic E-state index is 10.8. The zero-order valence-corrected chi connectivity index (χ0v) is 9.03. The zero-order chi connectivity index (χ0) is 10.8. The van der Waals surface area contributed by atoms with Crippen LogP contribution in [0.15, 0.2) is 0 Å². The number of hydrogen-bond acceptors (Lipinski definition) is 4. The second kappa shape index (κ2) is 3.48. The van der Waals surface area contributed by atoms with Gasteiger partial charge in [0.25, 0.3) is 0 Å². The average molecular weight is 196 g/mol. The lowest BCUT2D eigenvalue weighted by Gasteiger charge is -2.28. The van der Waals surface area contributed by atoms with Crippen molar-refractivity contribution < 1.29 is 4.79 Å². The molecule has 0 radical (unpaired) electrons. The summed E-state index contributed by atoms with van der Waals surface area (Å²) in [6.45, 7) is 7.82. The molecular weight excluding hydrogens is 180 g/mol. The Bertz CT molecular complexity index is 303. The first-order valence-electron chi connectivity index (χ1n) is 4.58. The Morgan fingerprint density at radius 2 is 2.00 bits per heavy atom. The lowest BCUT2D eigenvalue weighted by molar-refractivity contribution is -0.115. The van der Waals surface area contributed by atoms with E-state index in [0.717, 1.165) is 6.29 Å². The molecule has 1 aromatic rings. The number of carbonyl (C=O) groups excluding carboxylic acids is 1. The standard InChI is InChI=1S/C9H16N4O/c1-8(2,6-14)5-9(3,4)7-10-12-13-11-7/h6H,5H2,1-4H3,(H,10,11,12,13). The van der Waals surface area contributed by atoms with Crippen LogP contribution in [0.5, 0.6) is 0 Å². The van der Waals surface area contributed by atoms with Crippen molar-refractivity contribution >= 4 is 6.29 Å². The number of nitrogens with one attached hydrogen (secondary N) is 1. The van der Waals surface area contributed by atoms with E-state index >= 15 is 0 Å². The molecule has 0 spiro atoms. The van der Waals surface area contributed by atoms with Crippen molar-refractivity contribution in [3.63, 3.8) is 0 Å². The summed E-state index contributed by atoms with van der Waals surface area (Å²) in [4.78, 5) is 10.8. The molecule has 0 unspecified atom stereocenters. The molecule has 1 aromatic heterocycles. The number of rotatable bonds is 4. The predicted molar refractivity (Wildman–Crippen MR) is 51.7 cm³/mol. The highest BCUT2D eigenvalue weighted by Gasteiger charge is 2.32. The van der Waals surface area contributed by atoms with Gasteiger partial charge < -0.3 is 4.79 Å². The second-order valence-corrected chi connectivity index (χ2v) is 4.90. The minimum absolute atomic E-state index is 0.239. The molecule has 0 aliphatic rings. The van der Waals surface area contributed by atoms with E-state index in [-0.39, 0.29) is 10.8 Å². The van der Waals surface area contributed by atoms with Crippen molar-refractivity contribution in [3.8, 4) is 0 Å². The topological polar surface area (TPSA) is 71.5 Å². The SMILES string of the molecule is CC(C)(C=O)CC(C)(C)c1nn[nH]n1. The van der Waals surface area contributed by atoms with Crippen molar-refractivity contribution in [1.29, 1.82) is 0 Å². The fourth-order valence-electron chi connectivity index (χ4n) is 1.71. The molecule has 0 aromatic carbocycles. The summed E-state index contributed by atoms with van der Waals surface area (Å²) in [5, 5.41) is 13.8. The number of aldehydes is 1. The van der Waals surface area contributed by atoms with E-state index in [1.165, 1.54) is 0 Å². The van der Waals surface area contributed by atoms with Crippen LogP contribution in [0.4, 0.5) is 0 Å². The number of hydrogen-bond donors (Lipinski definition) is 1. The molecule has 0 aliphatic heterocycles. The van der Waals surface area contributed by atoms with E-state index in [0.29, 0.717) is 12.2 Å². The third-order valence-corrected chi connectivity index (χ3v) is 2.17. The zero-order valence-electron chi connectivity index (χ0n) is 9.03. The minimum atomic E-state index is -0.357. The number of carbonyl (C=O) groups is 1. The van der Waals surface area contributed by atoms with Gasteiger partial charge in [-0.25, -0.2) is 0 Å². The number of H-pyrrole nitrogens is 1. The monoisotopic (exact) mass is 196 g/mol. The maximum Gasteiger partial charge on any atom is 0.180 e. The molecule has 0 fully saturated rings. The van der Waals surface area contributed by atoms with Gasteiger partial charge in [-0.1, -0.05) is 32.9 Å². The van der Waals surface area contributed by atoms with Crippen molar-refractivity contribution in [2.45, 2.75) is 39.5 Å². The van der Waals surface area contributed by atoms with Gasteiger partial charge in [0.1, 0.15) is 6.29 Å². The van der Waals surface area contributed by atoms with Gasteiger partial charge in [-0.2, -0.15) is 5.21 Å². The highest BCUT2D eigenvalue weighted by Crippen LogP contribution is 2.32. The third kappa shape index (κ3) is 2.37. The van der Waals surface area contributed by atoms with Gasteiger partial charge in [0.2, 0.25) is 0 Å². The largest absolute Gasteiger partial charge is 0.303 e. The Kier molecular flexibility index (Phi) is 2.69. The van der Waals surface area contributed by atoms with Gasteiger partial charge in [-0.3, -0.25) is 0 Å². The van der Waals surface area contributed by atoms with Crippen LogP contribution in [0, 0.1) is 5.41 Å². The summed E-state index contributed by atoms with van der Waals surface area (Å²) < 4.78 is 0. The summed E-state index contributed by atoms with van der Waals surface area (Å²) in [5.74, 6) is 0.646. The van der Waals surface area contributed by atoms with Gasteiger partial charge in [0.05, 0.1) is 0 Å². The third-order valence-electron chi connectivity index (χ3n) is 2.17. The Labute approximate surface area is 83.3 Å². The highest BCUT2D eigenvalue weighted by molar-refractivity contribution is 5.58. The van der Waals surface area contributed by atoms with E-state index in [1.807, 2.05) is 27.7 Å². The molecule has 0 saturated carbocycles. The molecule has 0 saturated heterocycles. The molecule has 0 aliphatic carbocycles. The number of nitrogens with zero attached hydrogens (tertiary/aromatic N) is 3.